The van der Waals surface area contributed by atoms with E-state index in [9.17, 15) is 9.90 Å². The van der Waals surface area contributed by atoms with Crippen LogP contribution in [0.5, 0.6) is 11.5 Å². The number of carbonyl (C=O) groups excluding carboxylic acids is 1. The van der Waals surface area contributed by atoms with Gasteiger partial charge in [-0.15, -0.1) is 0 Å². The lowest BCUT2D eigenvalue weighted by Gasteiger charge is -2.13. The SMILES string of the molecule is COc1ccc(C(O)CNC(=O)Nc2cccc(OC)c2)cc1. The maximum Gasteiger partial charge on any atom is 0.319 e. The van der Waals surface area contributed by atoms with Gasteiger partial charge in [0.05, 0.1) is 20.3 Å². The van der Waals surface area contributed by atoms with Gasteiger partial charge < -0.3 is 25.2 Å². The molecule has 2 aromatic rings. The molecule has 3 N–H and O–H groups in total. The van der Waals surface area contributed by atoms with E-state index in [-0.39, 0.29) is 6.54 Å². The summed E-state index contributed by atoms with van der Waals surface area (Å²) in [6.07, 6.45) is -0.794. The van der Waals surface area contributed by atoms with Crippen molar-refractivity contribution in [3.05, 3.63) is 54.1 Å². The fourth-order valence-corrected chi connectivity index (χ4v) is 2.01. The van der Waals surface area contributed by atoms with Gasteiger partial charge in [0.1, 0.15) is 11.5 Å². The number of aliphatic hydroxyl groups is 1. The first-order chi connectivity index (χ1) is 11.1. The highest BCUT2D eigenvalue weighted by Crippen LogP contribution is 2.18. The van der Waals surface area contributed by atoms with Gasteiger partial charge in [-0.2, -0.15) is 0 Å². The van der Waals surface area contributed by atoms with E-state index in [0.29, 0.717) is 22.7 Å². The van der Waals surface area contributed by atoms with Crippen molar-refractivity contribution in [2.45, 2.75) is 6.10 Å². The zero-order valence-corrected chi connectivity index (χ0v) is 13.1. The Morgan fingerprint density at radius 2 is 1.78 bits per heavy atom. The minimum absolute atomic E-state index is 0.0993. The molecule has 1 unspecified atom stereocenters. The van der Waals surface area contributed by atoms with Gasteiger partial charge in [0, 0.05) is 18.3 Å². The van der Waals surface area contributed by atoms with Crippen molar-refractivity contribution in [1.29, 1.82) is 0 Å². The number of nitrogens with one attached hydrogen (secondary N) is 2. The van der Waals surface area contributed by atoms with E-state index in [4.69, 9.17) is 9.47 Å². The smallest absolute Gasteiger partial charge is 0.319 e. The monoisotopic (exact) mass is 316 g/mol. The van der Waals surface area contributed by atoms with Gasteiger partial charge in [0.15, 0.2) is 0 Å². The number of carbonyl (C=O) groups is 1. The molecule has 2 aromatic carbocycles. The van der Waals surface area contributed by atoms with Crippen LogP contribution in [0.2, 0.25) is 0 Å². The molecule has 2 amide bonds. The first kappa shape index (κ1) is 16.6. The fraction of sp³-hybridized carbons (Fsp3) is 0.235. The molecule has 0 aliphatic heterocycles. The standard InChI is InChI=1S/C17H20N2O4/c1-22-14-8-6-12(7-9-14)16(20)11-18-17(21)19-13-4-3-5-15(10-13)23-2/h3-10,16,20H,11H2,1-2H3,(H2,18,19,21). The molecule has 0 radical (unpaired) electrons. The zero-order valence-electron chi connectivity index (χ0n) is 13.1. The number of urea groups is 1. The first-order valence-electron chi connectivity index (χ1n) is 7.13. The average Bonchev–Trinajstić information content (AvgIpc) is 2.60. The third-order valence-corrected chi connectivity index (χ3v) is 3.28. The molecular weight excluding hydrogens is 296 g/mol. The number of ether oxygens (including phenoxy) is 2. The Morgan fingerprint density at radius 1 is 1.09 bits per heavy atom. The molecule has 0 fully saturated rings. The molecule has 122 valence electrons. The molecule has 23 heavy (non-hydrogen) atoms. The highest BCUT2D eigenvalue weighted by Gasteiger charge is 2.10. The van der Waals surface area contributed by atoms with Crippen molar-refractivity contribution in [3.8, 4) is 11.5 Å². The number of aliphatic hydroxyl groups excluding tert-OH is 1. The Morgan fingerprint density at radius 3 is 2.43 bits per heavy atom. The number of anilines is 1. The molecule has 6 heteroatoms. The van der Waals surface area contributed by atoms with E-state index in [1.54, 1.807) is 62.8 Å². The second-order valence-electron chi connectivity index (χ2n) is 4.86. The maximum absolute atomic E-state index is 11.9. The lowest BCUT2D eigenvalue weighted by Crippen LogP contribution is -2.32. The van der Waals surface area contributed by atoms with E-state index in [2.05, 4.69) is 10.6 Å². The topological polar surface area (TPSA) is 79.8 Å². The van der Waals surface area contributed by atoms with Crippen molar-refractivity contribution >= 4 is 11.7 Å². The predicted molar refractivity (Wildman–Crippen MR) is 88.0 cm³/mol. The van der Waals surface area contributed by atoms with Crippen LogP contribution in [0.3, 0.4) is 0 Å². The van der Waals surface area contributed by atoms with Crippen molar-refractivity contribution in [3.63, 3.8) is 0 Å². The molecule has 0 saturated carbocycles. The van der Waals surface area contributed by atoms with Crippen molar-refractivity contribution < 1.29 is 19.4 Å². The van der Waals surface area contributed by atoms with Crippen LogP contribution in [0.25, 0.3) is 0 Å². The van der Waals surface area contributed by atoms with Gasteiger partial charge >= 0.3 is 6.03 Å². The summed E-state index contributed by atoms with van der Waals surface area (Å²) in [4.78, 5) is 11.9. The Bertz CT molecular complexity index is 643. The highest BCUT2D eigenvalue weighted by atomic mass is 16.5. The summed E-state index contributed by atoms with van der Waals surface area (Å²) in [5.74, 6) is 1.37. The number of benzene rings is 2. The number of methoxy groups -OCH3 is 2. The molecule has 0 bridgehead atoms. The molecular formula is C17H20N2O4. The Kier molecular flexibility index (Phi) is 5.82. The number of hydrogen-bond acceptors (Lipinski definition) is 4. The van der Waals surface area contributed by atoms with E-state index >= 15 is 0 Å². The van der Waals surface area contributed by atoms with Crippen LogP contribution in [-0.2, 0) is 0 Å². The van der Waals surface area contributed by atoms with Crippen LogP contribution in [0, 0.1) is 0 Å². The van der Waals surface area contributed by atoms with E-state index in [0.717, 1.165) is 0 Å². The quantitative estimate of drug-likeness (QED) is 0.765. The number of amides is 2. The van der Waals surface area contributed by atoms with Crippen LogP contribution >= 0.6 is 0 Å². The van der Waals surface area contributed by atoms with E-state index in [1.165, 1.54) is 0 Å². The first-order valence-corrected chi connectivity index (χ1v) is 7.13. The molecule has 0 heterocycles. The molecule has 2 rings (SSSR count). The zero-order chi connectivity index (χ0) is 16.7. The minimum Gasteiger partial charge on any atom is -0.497 e. The van der Waals surface area contributed by atoms with Crippen LogP contribution in [-0.4, -0.2) is 31.9 Å². The average molecular weight is 316 g/mol. The molecule has 1 atom stereocenters. The van der Waals surface area contributed by atoms with E-state index < -0.39 is 12.1 Å². The highest BCUT2D eigenvalue weighted by molar-refractivity contribution is 5.89. The summed E-state index contributed by atoms with van der Waals surface area (Å²) < 4.78 is 10.2. The summed E-state index contributed by atoms with van der Waals surface area (Å²) in [6.45, 7) is 0.0993. The van der Waals surface area contributed by atoms with E-state index in [1.807, 2.05) is 0 Å². The van der Waals surface area contributed by atoms with Gasteiger partial charge in [-0.1, -0.05) is 18.2 Å². The summed E-state index contributed by atoms with van der Waals surface area (Å²) in [5.41, 5.74) is 1.31. The van der Waals surface area contributed by atoms with Crippen LogP contribution in [0.1, 0.15) is 11.7 Å². The van der Waals surface area contributed by atoms with Gasteiger partial charge in [-0.3, -0.25) is 0 Å². The second kappa shape index (κ2) is 8.05. The fourth-order valence-electron chi connectivity index (χ4n) is 2.01. The Hall–Kier alpha value is -2.73. The lowest BCUT2D eigenvalue weighted by molar-refractivity contribution is 0.175. The Balaban J connectivity index is 1.85. The van der Waals surface area contributed by atoms with Crippen LogP contribution in [0.4, 0.5) is 10.5 Å². The third-order valence-electron chi connectivity index (χ3n) is 3.28. The lowest BCUT2D eigenvalue weighted by atomic mass is 10.1. The molecule has 0 aliphatic rings. The molecule has 0 saturated heterocycles. The summed E-state index contributed by atoms with van der Waals surface area (Å²) in [5, 5.41) is 15.4. The normalized spacial score (nSPS) is 11.4. The van der Waals surface area contributed by atoms with Gasteiger partial charge in [0.25, 0.3) is 0 Å². The largest absolute Gasteiger partial charge is 0.497 e. The summed E-state index contributed by atoms with van der Waals surface area (Å²) in [6, 6.07) is 13.7. The van der Waals surface area contributed by atoms with Crippen molar-refractivity contribution in [2.75, 3.05) is 26.1 Å². The number of rotatable bonds is 6. The predicted octanol–water partition coefficient (Wildman–Crippen LogP) is 2.56. The molecule has 6 nitrogen and oxygen atoms in total. The Labute approximate surface area is 135 Å². The van der Waals surface area contributed by atoms with Crippen LogP contribution < -0.4 is 20.1 Å². The van der Waals surface area contributed by atoms with Gasteiger partial charge in [0.2, 0.25) is 0 Å². The van der Waals surface area contributed by atoms with Crippen molar-refractivity contribution in [1.82, 2.24) is 5.32 Å². The molecule has 0 aliphatic carbocycles. The minimum atomic E-state index is -0.794. The maximum atomic E-state index is 11.9. The second-order valence-corrected chi connectivity index (χ2v) is 4.86. The molecule has 0 aromatic heterocycles. The summed E-state index contributed by atoms with van der Waals surface area (Å²) >= 11 is 0. The number of hydrogen-bond donors (Lipinski definition) is 3. The third kappa shape index (κ3) is 4.89. The van der Waals surface area contributed by atoms with Crippen molar-refractivity contribution in [2.24, 2.45) is 0 Å². The molecule has 0 spiro atoms. The summed E-state index contributed by atoms with van der Waals surface area (Å²) in [7, 11) is 3.14. The van der Waals surface area contributed by atoms with Gasteiger partial charge in [-0.25, -0.2) is 4.79 Å². The van der Waals surface area contributed by atoms with Gasteiger partial charge in [-0.05, 0) is 29.8 Å². The van der Waals surface area contributed by atoms with Crippen LogP contribution in [0.15, 0.2) is 48.5 Å².